The largest absolute Gasteiger partial charge is 0.450 e. The number of ether oxygens (including phenoxy) is 1. The third-order valence-electron chi connectivity index (χ3n) is 5.09. The van der Waals surface area contributed by atoms with E-state index in [9.17, 15) is 14.0 Å². The van der Waals surface area contributed by atoms with Crippen molar-refractivity contribution < 1.29 is 18.3 Å². The van der Waals surface area contributed by atoms with Gasteiger partial charge in [0.05, 0.1) is 23.1 Å². The summed E-state index contributed by atoms with van der Waals surface area (Å²) in [7, 11) is 0. The van der Waals surface area contributed by atoms with Crippen molar-refractivity contribution in [3.05, 3.63) is 80.4 Å². The van der Waals surface area contributed by atoms with Gasteiger partial charge in [-0.3, -0.25) is 9.59 Å². The second-order valence-corrected chi connectivity index (χ2v) is 7.98. The maximum absolute atomic E-state index is 13.8. The molecule has 0 N–H and O–H groups in total. The normalized spacial score (nSPS) is 16.0. The highest BCUT2D eigenvalue weighted by atomic mass is 35.5. The summed E-state index contributed by atoms with van der Waals surface area (Å²) in [5.41, 5.74) is 0.681. The van der Waals surface area contributed by atoms with Gasteiger partial charge in [0.15, 0.2) is 5.43 Å². The third kappa shape index (κ3) is 3.73. The van der Waals surface area contributed by atoms with E-state index >= 15 is 0 Å². The molecule has 0 unspecified atom stereocenters. The van der Waals surface area contributed by atoms with Crippen molar-refractivity contribution >= 4 is 28.5 Å². The Morgan fingerprint density at radius 1 is 1.20 bits per heavy atom. The molecule has 0 fully saturated rings. The molecule has 2 aromatic carbocycles. The summed E-state index contributed by atoms with van der Waals surface area (Å²) >= 11 is 6.18. The first-order chi connectivity index (χ1) is 14.4. The van der Waals surface area contributed by atoms with E-state index in [2.05, 4.69) is 0 Å². The van der Waals surface area contributed by atoms with Gasteiger partial charge in [-0.05, 0) is 56.2 Å². The molecular weight excluding hydrogens is 409 g/mol. The number of amides is 1. The zero-order valence-corrected chi connectivity index (χ0v) is 17.4. The lowest BCUT2D eigenvalue weighted by atomic mass is 9.98. The Hall–Kier alpha value is -2.70. The van der Waals surface area contributed by atoms with Crippen LogP contribution in [0.2, 0.25) is 5.02 Å². The van der Waals surface area contributed by atoms with Crippen molar-refractivity contribution in [2.45, 2.75) is 32.4 Å². The van der Waals surface area contributed by atoms with Gasteiger partial charge in [0.1, 0.15) is 11.4 Å². The standard InChI is InChI=1S/C23H21ClFNO4/c1-13(2)29-10-4-9-26-20(14-5-3-6-15(24)11-14)19-21(27)17-12-16(25)7-8-18(17)30-22(19)23(26)28/h3,5-8,11-13,20H,4,9-10H2,1-2H3/t20-/m1/s1. The molecule has 30 heavy (non-hydrogen) atoms. The maximum Gasteiger partial charge on any atom is 0.290 e. The molecular formula is C23H21ClFNO4. The number of hydrogen-bond acceptors (Lipinski definition) is 4. The summed E-state index contributed by atoms with van der Waals surface area (Å²) in [5, 5.41) is 0.603. The average Bonchev–Trinajstić information content (AvgIpc) is 2.98. The Balaban J connectivity index is 1.83. The molecule has 1 aliphatic rings. The van der Waals surface area contributed by atoms with Crippen LogP contribution in [0, 0.1) is 5.82 Å². The molecule has 5 nitrogen and oxygen atoms in total. The topological polar surface area (TPSA) is 59.8 Å². The SMILES string of the molecule is CC(C)OCCCN1C(=O)c2oc3ccc(F)cc3c(=O)c2[C@H]1c1cccc(Cl)c1. The van der Waals surface area contributed by atoms with Gasteiger partial charge in [-0.25, -0.2) is 4.39 Å². The minimum absolute atomic E-state index is 0.00568. The van der Waals surface area contributed by atoms with Gasteiger partial charge in [-0.1, -0.05) is 23.7 Å². The van der Waals surface area contributed by atoms with Crippen molar-refractivity contribution in [3.63, 3.8) is 0 Å². The number of carbonyl (C=O) groups is 1. The van der Waals surface area contributed by atoms with Crippen LogP contribution < -0.4 is 5.43 Å². The monoisotopic (exact) mass is 429 g/mol. The van der Waals surface area contributed by atoms with E-state index in [0.717, 1.165) is 6.07 Å². The van der Waals surface area contributed by atoms with Crippen LogP contribution in [0.15, 0.2) is 51.7 Å². The summed E-state index contributed by atoms with van der Waals surface area (Å²) in [5.74, 6) is -0.919. The van der Waals surface area contributed by atoms with Gasteiger partial charge in [0.2, 0.25) is 5.76 Å². The minimum Gasteiger partial charge on any atom is -0.450 e. The Morgan fingerprint density at radius 2 is 2.00 bits per heavy atom. The highest BCUT2D eigenvalue weighted by Gasteiger charge is 2.42. The van der Waals surface area contributed by atoms with Crippen molar-refractivity contribution in [3.8, 4) is 0 Å². The molecule has 1 amide bonds. The fourth-order valence-electron chi connectivity index (χ4n) is 3.80. The van der Waals surface area contributed by atoms with Crippen LogP contribution in [0.25, 0.3) is 11.0 Å². The summed E-state index contributed by atoms with van der Waals surface area (Å²) < 4.78 is 25.2. The Morgan fingerprint density at radius 3 is 2.73 bits per heavy atom. The Labute approximate surface area is 178 Å². The lowest BCUT2D eigenvalue weighted by Gasteiger charge is -2.25. The van der Waals surface area contributed by atoms with Crippen LogP contribution in [0.3, 0.4) is 0 Å². The molecule has 156 valence electrons. The summed E-state index contributed by atoms with van der Waals surface area (Å²) in [4.78, 5) is 28.1. The van der Waals surface area contributed by atoms with Gasteiger partial charge >= 0.3 is 0 Å². The second-order valence-electron chi connectivity index (χ2n) is 7.54. The molecule has 1 atom stereocenters. The number of rotatable bonds is 6. The zero-order valence-electron chi connectivity index (χ0n) is 16.7. The van der Waals surface area contributed by atoms with E-state index in [1.807, 2.05) is 19.9 Å². The van der Waals surface area contributed by atoms with Gasteiger partial charge in [0, 0.05) is 18.2 Å². The number of carbonyl (C=O) groups excluding carboxylic acids is 1. The Bertz CT molecular complexity index is 1170. The smallest absolute Gasteiger partial charge is 0.290 e. The highest BCUT2D eigenvalue weighted by molar-refractivity contribution is 6.30. The average molecular weight is 430 g/mol. The lowest BCUT2D eigenvalue weighted by Crippen LogP contribution is -2.31. The summed E-state index contributed by atoms with van der Waals surface area (Å²) in [6, 6.07) is 10.1. The Kier molecular flexibility index (Phi) is 5.62. The summed E-state index contributed by atoms with van der Waals surface area (Å²) in [6.45, 7) is 4.74. The number of halogens is 2. The van der Waals surface area contributed by atoms with E-state index in [1.54, 1.807) is 23.1 Å². The molecule has 0 saturated carbocycles. The van der Waals surface area contributed by atoms with Crippen LogP contribution in [0.4, 0.5) is 4.39 Å². The molecule has 0 spiro atoms. The molecule has 2 heterocycles. The molecule has 4 rings (SSSR count). The van der Waals surface area contributed by atoms with Gasteiger partial charge in [0.25, 0.3) is 5.91 Å². The second kappa shape index (κ2) is 8.20. The molecule has 1 aromatic heterocycles. The minimum atomic E-state index is -0.658. The highest BCUT2D eigenvalue weighted by Crippen LogP contribution is 2.38. The predicted octanol–water partition coefficient (Wildman–Crippen LogP) is 4.95. The predicted molar refractivity (Wildman–Crippen MR) is 112 cm³/mol. The molecule has 0 saturated heterocycles. The van der Waals surface area contributed by atoms with Crippen LogP contribution in [0.5, 0.6) is 0 Å². The van der Waals surface area contributed by atoms with Crippen LogP contribution in [0.1, 0.15) is 48.0 Å². The molecule has 0 radical (unpaired) electrons. The first-order valence-electron chi connectivity index (χ1n) is 9.81. The van der Waals surface area contributed by atoms with E-state index in [-0.39, 0.29) is 34.3 Å². The fraction of sp³-hybridized carbons (Fsp3) is 0.304. The van der Waals surface area contributed by atoms with Crippen molar-refractivity contribution in [1.82, 2.24) is 4.90 Å². The number of hydrogen-bond donors (Lipinski definition) is 0. The molecule has 7 heteroatoms. The lowest BCUT2D eigenvalue weighted by molar-refractivity contribution is 0.0593. The van der Waals surface area contributed by atoms with Crippen molar-refractivity contribution in [2.24, 2.45) is 0 Å². The van der Waals surface area contributed by atoms with Crippen molar-refractivity contribution in [1.29, 1.82) is 0 Å². The van der Waals surface area contributed by atoms with Crippen LogP contribution >= 0.6 is 11.6 Å². The van der Waals surface area contributed by atoms with Crippen molar-refractivity contribution in [2.75, 3.05) is 13.2 Å². The molecule has 1 aliphatic heterocycles. The van der Waals surface area contributed by atoms with Gasteiger partial charge in [-0.2, -0.15) is 0 Å². The zero-order chi connectivity index (χ0) is 21.4. The fourth-order valence-corrected chi connectivity index (χ4v) is 4.00. The van der Waals surface area contributed by atoms with E-state index in [0.29, 0.717) is 30.2 Å². The van der Waals surface area contributed by atoms with Crippen LogP contribution in [-0.4, -0.2) is 30.1 Å². The van der Waals surface area contributed by atoms with Gasteiger partial charge in [-0.15, -0.1) is 0 Å². The van der Waals surface area contributed by atoms with E-state index in [4.69, 9.17) is 20.8 Å². The van der Waals surface area contributed by atoms with E-state index < -0.39 is 17.3 Å². The first-order valence-corrected chi connectivity index (χ1v) is 10.2. The first kappa shape index (κ1) is 20.6. The van der Waals surface area contributed by atoms with Gasteiger partial charge < -0.3 is 14.1 Å². The quantitative estimate of drug-likeness (QED) is 0.520. The maximum atomic E-state index is 13.8. The number of nitrogens with zero attached hydrogens (tertiary/aromatic N) is 1. The molecule has 3 aromatic rings. The summed E-state index contributed by atoms with van der Waals surface area (Å²) in [6.07, 6.45) is 0.681. The number of benzene rings is 2. The van der Waals surface area contributed by atoms with E-state index in [1.165, 1.54) is 12.1 Å². The molecule has 0 bridgehead atoms. The number of fused-ring (bicyclic) bond motifs is 2. The van der Waals surface area contributed by atoms with Crippen LogP contribution in [-0.2, 0) is 4.74 Å². The third-order valence-corrected chi connectivity index (χ3v) is 5.32. The molecule has 0 aliphatic carbocycles.